The summed E-state index contributed by atoms with van der Waals surface area (Å²) in [5, 5.41) is 11.3. The first-order valence-corrected chi connectivity index (χ1v) is 5.24. The highest BCUT2D eigenvalue weighted by Gasteiger charge is 2.12. The number of benzene rings is 1. The topological polar surface area (TPSA) is 67.8 Å². The summed E-state index contributed by atoms with van der Waals surface area (Å²) in [6.45, 7) is 5.88. The number of rotatable bonds is 3. The molecule has 5 heteroatoms. The molecule has 0 aromatic heterocycles. The van der Waals surface area contributed by atoms with Gasteiger partial charge < -0.3 is 15.7 Å². The van der Waals surface area contributed by atoms with E-state index in [1.54, 1.807) is 12.1 Å². The van der Waals surface area contributed by atoms with Crippen LogP contribution in [0.25, 0.3) is 0 Å². The molecule has 1 rings (SSSR count). The monoisotopic (exact) mass is 240 g/mol. The highest BCUT2D eigenvalue weighted by atomic mass is 19.1. The third kappa shape index (κ3) is 4.03. The van der Waals surface area contributed by atoms with Crippen molar-refractivity contribution in [1.82, 2.24) is 0 Å². The third-order valence-corrected chi connectivity index (χ3v) is 2.12. The Kier molecular flexibility index (Phi) is 4.07. The second-order valence-corrected chi connectivity index (χ2v) is 4.69. The molecule has 94 valence electrons. The molecule has 0 bridgehead atoms. The lowest BCUT2D eigenvalue weighted by Crippen LogP contribution is -2.19. The van der Waals surface area contributed by atoms with Crippen molar-refractivity contribution in [1.29, 1.82) is 0 Å². The van der Waals surface area contributed by atoms with E-state index in [-0.39, 0.29) is 18.0 Å². The van der Waals surface area contributed by atoms with Gasteiger partial charge in [-0.15, -0.1) is 0 Å². The predicted octanol–water partition coefficient (Wildman–Crippen LogP) is 2.24. The van der Waals surface area contributed by atoms with E-state index in [9.17, 15) is 4.39 Å². The molecule has 0 saturated heterocycles. The van der Waals surface area contributed by atoms with Gasteiger partial charge in [0, 0.05) is 11.1 Å². The summed E-state index contributed by atoms with van der Waals surface area (Å²) in [6, 6.07) is 4.37. The molecule has 0 heterocycles. The first-order valence-electron chi connectivity index (χ1n) is 5.24. The van der Waals surface area contributed by atoms with Crippen molar-refractivity contribution in [3.63, 3.8) is 0 Å². The molecule has 0 aliphatic rings. The summed E-state index contributed by atoms with van der Waals surface area (Å²) < 4.78 is 19.1. The summed E-state index contributed by atoms with van der Waals surface area (Å²) >= 11 is 0. The van der Waals surface area contributed by atoms with E-state index in [2.05, 4.69) is 5.16 Å². The third-order valence-electron chi connectivity index (χ3n) is 2.12. The van der Waals surface area contributed by atoms with Gasteiger partial charge in [0.05, 0.1) is 12.2 Å². The molecular formula is C12H17FN2O2. The molecule has 1 aromatic rings. The standard InChI is InChI=1S/C12H17FN2O2/c1-12(2,3)17-7-9-5-4-8(6-10(9)13)11(14)15-16/h4-6,16H,7H2,1-3H3,(H2,14,15). The lowest BCUT2D eigenvalue weighted by Gasteiger charge is -2.19. The van der Waals surface area contributed by atoms with Crippen molar-refractivity contribution < 1.29 is 14.3 Å². The van der Waals surface area contributed by atoms with Crippen LogP contribution in [0, 0.1) is 5.82 Å². The van der Waals surface area contributed by atoms with Crippen LogP contribution in [0.4, 0.5) is 4.39 Å². The van der Waals surface area contributed by atoms with Crippen molar-refractivity contribution in [2.45, 2.75) is 33.0 Å². The van der Waals surface area contributed by atoms with Crippen LogP contribution in [-0.2, 0) is 11.3 Å². The molecule has 0 aliphatic heterocycles. The number of nitrogens with zero attached hydrogens (tertiary/aromatic N) is 1. The summed E-state index contributed by atoms with van der Waals surface area (Å²) in [7, 11) is 0. The van der Waals surface area contributed by atoms with E-state index < -0.39 is 5.82 Å². The number of halogens is 1. The fraction of sp³-hybridized carbons (Fsp3) is 0.417. The maximum Gasteiger partial charge on any atom is 0.170 e. The van der Waals surface area contributed by atoms with E-state index in [4.69, 9.17) is 15.7 Å². The average Bonchev–Trinajstić information content (AvgIpc) is 2.25. The minimum atomic E-state index is -0.432. The van der Waals surface area contributed by atoms with Crippen molar-refractivity contribution >= 4 is 5.84 Å². The number of amidine groups is 1. The van der Waals surface area contributed by atoms with E-state index >= 15 is 0 Å². The van der Waals surface area contributed by atoms with Gasteiger partial charge in [-0.3, -0.25) is 0 Å². The van der Waals surface area contributed by atoms with Gasteiger partial charge in [0.15, 0.2) is 5.84 Å². The van der Waals surface area contributed by atoms with Gasteiger partial charge in [0.1, 0.15) is 5.82 Å². The Morgan fingerprint density at radius 1 is 1.47 bits per heavy atom. The van der Waals surface area contributed by atoms with Gasteiger partial charge in [-0.2, -0.15) is 0 Å². The van der Waals surface area contributed by atoms with Gasteiger partial charge in [0.2, 0.25) is 0 Å². The number of ether oxygens (including phenoxy) is 1. The molecule has 0 radical (unpaired) electrons. The van der Waals surface area contributed by atoms with Crippen LogP contribution in [0.1, 0.15) is 31.9 Å². The molecule has 4 nitrogen and oxygen atoms in total. The molecule has 0 amide bonds. The van der Waals surface area contributed by atoms with Crippen LogP contribution in [0.3, 0.4) is 0 Å². The van der Waals surface area contributed by atoms with Crippen molar-refractivity contribution in [3.8, 4) is 0 Å². The predicted molar refractivity (Wildman–Crippen MR) is 63.5 cm³/mol. The first-order chi connectivity index (χ1) is 7.83. The molecule has 0 unspecified atom stereocenters. The zero-order valence-electron chi connectivity index (χ0n) is 10.2. The highest BCUT2D eigenvalue weighted by molar-refractivity contribution is 5.97. The Morgan fingerprint density at radius 2 is 2.12 bits per heavy atom. The maximum atomic E-state index is 13.6. The molecule has 0 spiro atoms. The van der Waals surface area contributed by atoms with E-state index in [1.165, 1.54) is 6.07 Å². The summed E-state index contributed by atoms with van der Waals surface area (Å²) in [6.07, 6.45) is 0. The fourth-order valence-electron chi connectivity index (χ4n) is 1.18. The first kappa shape index (κ1) is 13.4. The second kappa shape index (κ2) is 5.14. The van der Waals surface area contributed by atoms with Crippen LogP contribution in [0.15, 0.2) is 23.4 Å². The number of nitrogens with two attached hydrogens (primary N) is 1. The summed E-state index contributed by atoms with van der Waals surface area (Å²) in [5.41, 5.74) is 5.81. The highest BCUT2D eigenvalue weighted by Crippen LogP contribution is 2.15. The minimum absolute atomic E-state index is 0.118. The maximum absolute atomic E-state index is 13.6. The normalized spacial score (nSPS) is 12.8. The largest absolute Gasteiger partial charge is 0.409 e. The summed E-state index contributed by atoms with van der Waals surface area (Å²) in [4.78, 5) is 0. The minimum Gasteiger partial charge on any atom is -0.409 e. The number of oxime groups is 1. The van der Waals surface area contributed by atoms with Crippen LogP contribution in [0.5, 0.6) is 0 Å². The van der Waals surface area contributed by atoms with E-state index in [0.29, 0.717) is 11.1 Å². The molecule has 0 saturated carbocycles. The zero-order valence-corrected chi connectivity index (χ0v) is 10.2. The lowest BCUT2D eigenvalue weighted by molar-refractivity contribution is -0.0161. The Morgan fingerprint density at radius 3 is 2.59 bits per heavy atom. The molecule has 3 N–H and O–H groups in total. The lowest BCUT2D eigenvalue weighted by atomic mass is 10.1. The molecular weight excluding hydrogens is 223 g/mol. The smallest absolute Gasteiger partial charge is 0.170 e. The van der Waals surface area contributed by atoms with Gasteiger partial charge in [-0.05, 0) is 26.8 Å². The number of hydrogen-bond acceptors (Lipinski definition) is 3. The quantitative estimate of drug-likeness (QED) is 0.368. The molecule has 0 aliphatic carbocycles. The van der Waals surface area contributed by atoms with Crippen LogP contribution >= 0.6 is 0 Å². The van der Waals surface area contributed by atoms with Gasteiger partial charge in [0.25, 0.3) is 0 Å². The molecule has 17 heavy (non-hydrogen) atoms. The number of hydrogen-bond donors (Lipinski definition) is 2. The molecule has 0 atom stereocenters. The van der Waals surface area contributed by atoms with Crippen molar-refractivity contribution in [2.75, 3.05) is 0 Å². The Labute approximate surface area is 99.9 Å². The second-order valence-electron chi connectivity index (χ2n) is 4.69. The van der Waals surface area contributed by atoms with Crippen LogP contribution < -0.4 is 5.73 Å². The van der Waals surface area contributed by atoms with Crippen LogP contribution in [-0.4, -0.2) is 16.6 Å². The van der Waals surface area contributed by atoms with Gasteiger partial charge in [-0.1, -0.05) is 17.3 Å². The van der Waals surface area contributed by atoms with E-state index in [0.717, 1.165) is 0 Å². The fourth-order valence-corrected chi connectivity index (χ4v) is 1.18. The Bertz CT molecular complexity index is 425. The van der Waals surface area contributed by atoms with Gasteiger partial charge in [-0.25, -0.2) is 4.39 Å². The molecule has 1 aromatic carbocycles. The van der Waals surface area contributed by atoms with Crippen LogP contribution in [0.2, 0.25) is 0 Å². The zero-order chi connectivity index (χ0) is 13.1. The van der Waals surface area contributed by atoms with Crippen molar-refractivity contribution in [2.24, 2.45) is 10.9 Å². The SMILES string of the molecule is CC(C)(C)OCc1ccc(/C(N)=N/O)cc1F. The Balaban J connectivity index is 2.84. The molecule has 0 fully saturated rings. The average molecular weight is 240 g/mol. The van der Waals surface area contributed by atoms with E-state index in [1.807, 2.05) is 20.8 Å². The van der Waals surface area contributed by atoms with Gasteiger partial charge >= 0.3 is 0 Å². The van der Waals surface area contributed by atoms with Crippen molar-refractivity contribution in [3.05, 3.63) is 35.1 Å². The summed E-state index contributed by atoms with van der Waals surface area (Å²) in [5.74, 6) is -0.550. The Hall–Kier alpha value is -1.62.